The van der Waals surface area contributed by atoms with Crippen LogP contribution in [0.1, 0.15) is 49.1 Å². The second kappa shape index (κ2) is 9.47. The number of hydrogen-bond donors (Lipinski definition) is 0. The van der Waals surface area contributed by atoms with Gasteiger partial charge in [0.1, 0.15) is 11.8 Å². The maximum atomic E-state index is 13.2. The van der Waals surface area contributed by atoms with E-state index in [0.29, 0.717) is 39.0 Å². The number of hydrazone groups is 1. The molecule has 0 N–H and O–H groups in total. The van der Waals surface area contributed by atoms with E-state index in [9.17, 15) is 9.59 Å². The Morgan fingerprint density at radius 2 is 1.90 bits per heavy atom. The Bertz CT molecular complexity index is 928. The Hall–Kier alpha value is -2.93. The topological polar surface area (TPSA) is 75.3 Å². The van der Waals surface area contributed by atoms with Crippen LogP contribution in [0.3, 0.4) is 0 Å². The van der Waals surface area contributed by atoms with Gasteiger partial charge in [-0.3, -0.25) is 14.5 Å². The molecule has 1 amide bonds. The number of rotatable bonds is 6. The maximum Gasteiger partial charge on any atom is 0.309 e. The Labute approximate surface area is 182 Å². The lowest BCUT2D eigenvalue weighted by Crippen LogP contribution is -2.43. The van der Waals surface area contributed by atoms with Crippen LogP contribution in [-0.4, -0.2) is 53.7 Å². The first-order valence-corrected chi connectivity index (χ1v) is 10.9. The molecule has 3 heterocycles. The van der Waals surface area contributed by atoms with Crippen LogP contribution in [0.15, 0.2) is 52.2 Å². The van der Waals surface area contributed by atoms with E-state index in [1.165, 1.54) is 5.56 Å². The minimum Gasteiger partial charge on any atom is -0.467 e. The van der Waals surface area contributed by atoms with Gasteiger partial charge < -0.3 is 9.15 Å². The summed E-state index contributed by atoms with van der Waals surface area (Å²) in [6, 6.07) is 11.7. The second-order valence-electron chi connectivity index (χ2n) is 8.19. The number of aryl methyl sites for hydroxylation is 1. The van der Waals surface area contributed by atoms with E-state index < -0.39 is 0 Å². The monoisotopic (exact) mass is 423 g/mol. The van der Waals surface area contributed by atoms with E-state index in [1.807, 2.05) is 38.1 Å². The van der Waals surface area contributed by atoms with Gasteiger partial charge in [-0.05, 0) is 57.5 Å². The van der Waals surface area contributed by atoms with Crippen LogP contribution in [0.5, 0.6) is 0 Å². The number of piperidine rings is 1. The van der Waals surface area contributed by atoms with E-state index in [4.69, 9.17) is 14.3 Å². The molecule has 0 spiro atoms. The van der Waals surface area contributed by atoms with Gasteiger partial charge in [-0.2, -0.15) is 5.10 Å². The van der Waals surface area contributed by atoms with Crippen LogP contribution in [-0.2, 0) is 14.3 Å². The number of furan rings is 1. The number of carbonyl (C=O) groups excluding carboxylic acids is 2. The summed E-state index contributed by atoms with van der Waals surface area (Å²) in [4.78, 5) is 27.3. The molecule has 2 aliphatic rings. The van der Waals surface area contributed by atoms with Gasteiger partial charge in [0, 0.05) is 6.42 Å². The molecular weight excluding hydrogens is 394 g/mol. The Kier molecular flexibility index (Phi) is 6.51. The van der Waals surface area contributed by atoms with Gasteiger partial charge in [0.2, 0.25) is 0 Å². The smallest absolute Gasteiger partial charge is 0.309 e. The number of ether oxygens (including phenoxy) is 1. The SMILES string of the molecule is CCOC(=O)C1CCN(CC(=O)N2N=C(c3ccc(C)cc3)CC2c2ccco2)CC1. The van der Waals surface area contributed by atoms with Gasteiger partial charge in [-0.1, -0.05) is 29.8 Å². The first-order chi connectivity index (χ1) is 15.0. The van der Waals surface area contributed by atoms with Crippen molar-refractivity contribution in [3.63, 3.8) is 0 Å². The van der Waals surface area contributed by atoms with Crippen molar-refractivity contribution in [2.75, 3.05) is 26.2 Å². The second-order valence-corrected chi connectivity index (χ2v) is 8.19. The molecule has 0 saturated carbocycles. The highest BCUT2D eigenvalue weighted by Gasteiger charge is 2.36. The van der Waals surface area contributed by atoms with Crippen molar-refractivity contribution in [1.29, 1.82) is 0 Å². The van der Waals surface area contributed by atoms with E-state index in [0.717, 1.165) is 17.0 Å². The summed E-state index contributed by atoms with van der Waals surface area (Å²) in [6.45, 7) is 5.95. The standard InChI is InChI=1S/C24H29N3O4/c1-3-30-24(29)19-10-12-26(13-11-19)16-23(28)27-21(22-5-4-14-31-22)15-20(25-27)18-8-6-17(2)7-9-18/h4-9,14,19,21H,3,10-13,15-16H2,1-2H3. The molecule has 1 atom stereocenters. The molecule has 0 aliphatic carbocycles. The molecule has 164 valence electrons. The van der Waals surface area contributed by atoms with Crippen LogP contribution in [0.2, 0.25) is 0 Å². The highest BCUT2D eigenvalue weighted by atomic mass is 16.5. The number of nitrogens with zero attached hydrogens (tertiary/aromatic N) is 3. The fourth-order valence-corrected chi connectivity index (χ4v) is 4.21. The summed E-state index contributed by atoms with van der Waals surface area (Å²) in [5, 5.41) is 6.27. The van der Waals surface area contributed by atoms with Crippen molar-refractivity contribution in [3.05, 3.63) is 59.5 Å². The molecule has 1 aromatic carbocycles. The average Bonchev–Trinajstić information content (AvgIpc) is 3.45. The quantitative estimate of drug-likeness (QED) is 0.665. The van der Waals surface area contributed by atoms with E-state index in [1.54, 1.807) is 11.3 Å². The van der Waals surface area contributed by atoms with Gasteiger partial charge in [0.05, 0.1) is 31.0 Å². The van der Waals surface area contributed by atoms with Crippen LogP contribution in [0, 0.1) is 12.8 Å². The van der Waals surface area contributed by atoms with E-state index in [-0.39, 0.29) is 30.4 Å². The van der Waals surface area contributed by atoms with Crippen LogP contribution in [0.4, 0.5) is 0 Å². The Balaban J connectivity index is 1.44. The fraction of sp³-hybridized carbons (Fsp3) is 0.458. The van der Waals surface area contributed by atoms with Gasteiger partial charge >= 0.3 is 5.97 Å². The average molecular weight is 424 g/mol. The van der Waals surface area contributed by atoms with Crippen molar-refractivity contribution in [1.82, 2.24) is 9.91 Å². The van der Waals surface area contributed by atoms with Crippen molar-refractivity contribution in [2.24, 2.45) is 11.0 Å². The molecule has 1 unspecified atom stereocenters. The normalized spacial score (nSPS) is 20.0. The van der Waals surface area contributed by atoms with Gasteiger partial charge in [-0.25, -0.2) is 5.01 Å². The van der Waals surface area contributed by atoms with E-state index in [2.05, 4.69) is 17.0 Å². The van der Waals surface area contributed by atoms with Crippen molar-refractivity contribution >= 4 is 17.6 Å². The van der Waals surface area contributed by atoms with Crippen molar-refractivity contribution in [2.45, 2.75) is 39.2 Å². The molecular formula is C24H29N3O4. The molecule has 1 saturated heterocycles. The minimum atomic E-state index is -0.240. The lowest BCUT2D eigenvalue weighted by atomic mass is 9.97. The summed E-state index contributed by atoms with van der Waals surface area (Å²) in [5.41, 5.74) is 3.09. The molecule has 2 aromatic rings. The molecule has 1 aromatic heterocycles. The minimum absolute atomic E-state index is 0.0573. The predicted molar refractivity (Wildman–Crippen MR) is 116 cm³/mol. The van der Waals surface area contributed by atoms with Crippen LogP contribution >= 0.6 is 0 Å². The maximum absolute atomic E-state index is 13.2. The molecule has 7 heteroatoms. The van der Waals surface area contributed by atoms with Crippen LogP contribution < -0.4 is 0 Å². The van der Waals surface area contributed by atoms with Crippen molar-refractivity contribution < 1.29 is 18.7 Å². The molecule has 1 fully saturated rings. The first-order valence-electron chi connectivity index (χ1n) is 10.9. The zero-order valence-corrected chi connectivity index (χ0v) is 18.1. The molecule has 31 heavy (non-hydrogen) atoms. The Morgan fingerprint density at radius 1 is 1.16 bits per heavy atom. The molecule has 0 bridgehead atoms. The largest absolute Gasteiger partial charge is 0.467 e. The third-order valence-electron chi connectivity index (χ3n) is 5.99. The first kappa shape index (κ1) is 21.3. The molecule has 2 aliphatic heterocycles. The lowest BCUT2D eigenvalue weighted by molar-refractivity contribution is -0.149. The number of esters is 1. The zero-order valence-electron chi connectivity index (χ0n) is 18.1. The summed E-state index contributed by atoms with van der Waals surface area (Å²) >= 11 is 0. The highest BCUT2D eigenvalue weighted by molar-refractivity contribution is 6.03. The van der Waals surface area contributed by atoms with Gasteiger partial charge in [0.25, 0.3) is 5.91 Å². The van der Waals surface area contributed by atoms with Gasteiger partial charge in [-0.15, -0.1) is 0 Å². The molecule has 0 radical (unpaired) electrons. The summed E-state index contributed by atoms with van der Waals surface area (Å²) < 4.78 is 10.8. The lowest BCUT2D eigenvalue weighted by Gasteiger charge is -2.31. The van der Waals surface area contributed by atoms with Gasteiger partial charge in [0.15, 0.2) is 0 Å². The fourth-order valence-electron chi connectivity index (χ4n) is 4.21. The zero-order chi connectivity index (χ0) is 21.8. The molecule has 4 rings (SSSR count). The summed E-state index contributed by atoms with van der Waals surface area (Å²) in [7, 11) is 0. The summed E-state index contributed by atoms with van der Waals surface area (Å²) in [6.07, 6.45) is 3.67. The number of amides is 1. The third kappa shape index (κ3) is 4.88. The molecule has 7 nitrogen and oxygen atoms in total. The number of carbonyl (C=O) groups is 2. The number of benzene rings is 1. The number of likely N-dealkylation sites (tertiary alicyclic amines) is 1. The Morgan fingerprint density at radius 3 is 2.55 bits per heavy atom. The van der Waals surface area contributed by atoms with Crippen LogP contribution in [0.25, 0.3) is 0 Å². The highest BCUT2D eigenvalue weighted by Crippen LogP contribution is 2.33. The predicted octanol–water partition coefficient (Wildman–Crippen LogP) is 3.54. The number of hydrogen-bond acceptors (Lipinski definition) is 6. The van der Waals surface area contributed by atoms with Crippen molar-refractivity contribution in [3.8, 4) is 0 Å². The van der Waals surface area contributed by atoms with E-state index >= 15 is 0 Å². The summed E-state index contributed by atoms with van der Waals surface area (Å²) in [5.74, 6) is 0.483. The third-order valence-corrected chi connectivity index (χ3v) is 5.99.